The second kappa shape index (κ2) is 40.9. The minimum absolute atomic E-state index is 0.0687. The number of allylic oxidation sites excluding steroid dienone is 2. The summed E-state index contributed by atoms with van der Waals surface area (Å²) in [5.74, 6) is -0.875. The van der Waals surface area contributed by atoms with Gasteiger partial charge >= 0.3 is 17.9 Å². The van der Waals surface area contributed by atoms with E-state index in [9.17, 15) is 14.4 Å². The lowest BCUT2D eigenvalue weighted by Gasteiger charge is -2.18. The van der Waals surface area contributed by atoms with Gasteiger partial charge in [0.15, 0.2) is 6.10 Å². The number of ether oxygens (including phenoxy) is 3. The van der Waals surface area contributed by atoms with Crippen molar-refractivity contribution in [3.05, 3.63) is 12.2 Å². The van der Waals surface area contributed by atoms with Gasteiger partial charge in [-0.25, -0.2) is 0 Å². The number of unbranched alkanes of at least 4 members (excludes halogenated alkanes) is 27. The number of carbonyl (C=O) groups is 3. The number of rotatable bonds is 40. The summed E-state index contributed by atoms with van der Waals surface area (Å²) in [6.45, 7) is 6.59. The molecule has 0 N–H and O–H groups in total. The fourth-order valence-electron chi connectivity index (χ4n) is 6.38. The van der Waals surface area contributed by atoms with E-state index in [1.807, 2.05) is 0 Å². The molecule has 51 heavy (non-hydrogen) atoms. The summed E-state index contributed by atoms with van der Waals surface area (Å²) in [7, 11) is 0. The number of esters is 3. The molecule has 6 heteroatoms. The number of hydrogen-bond donors (Lipinski definition) is 0. The zero-order chi connectivity index (χ0) is 37.3. The number of carbonyl (C=O) groups excluding carboxylic acids is 3. The average Bonchev–Trinajstić information content (AvgIpc) is 3.12. The summed E-state index contributed by atoms with van der Waals surface area (Å²) in [5.41, 5.74) is 0. The molecule has 0 aromatic carbocycles. The van der Waals surface area contributed by atoms with Gasteiger partial charge in [-0.05, 0) is 44.9 Å². The Morgan fingerprint density at radius 2 is 0.647 bits per heavy atom. The van der Waals surface area contributed by atoms with Crippen molar-refractivity contribution in [2.45, 2.75) is 245 Å². The molecule has 1 atom stereocenters. The van der Waals surface area contributed by atoms with Crippen LogP contribution in [0.25, 0.3) is 0 Å². The van der Waals surface area contributed by atoms with Gasteiger partial charge in [-0.15, -0.1) is 0 Å². The first-order chi connectivity index (χ1) is 25.0. The predicted molar refractivity (Wildman–Crippen MR) is 215 cm³/mol. The van der Waals surface area contributed by atoms with Crippen LogP contribution in [0.4, 0.5) is 0 Å². The van der Waals surface area contributed by atoms with E-state index in [1.165, 1.54) is 135 Å². The molecule has 0 rings (SSSR count). The van der Waals surface area contributed by atoms with Crippen molar-refractivity contribution in [3.8, 4) is 0 Å². The first kappa shape index (κ1) is 49.1. The zero-order valence-corrected chi connectivity index (χ0v) is 34.1. The second-order valence-electron chi connectivity index (χ2n) is 15.0. The van der Waals surface area contributed by atoms with Crippen LogP contribution < -0.4 is 0 Å². The first-order valence-corrected chi connectivity index (χ1v) is 22.2. The highest BCUT2D eigenvalue weighted by atomic mass is 16.6. The molecular weight excluding hydrogens is 636 g/mol. The molecule has 0 fully saturated rings. The van der Waals surface area contributed by atoms with Crippen molar-refractivity contribution in [2.24, 2.45) is 0 Å². The van der Waals surface area contributed by atoms with Crippen LogP contribution in [0.15, 0.2) is 12.2 Å². The SMILES string of the molecule is CCCCC/C=C\CCCCCCCC(=O)OCC(COC(=O)CCCCCCCCCCC)OC(=O)CCCCCCCCCCCCCC. The molecule has 0 aliphatic rings. The minimum Gasteiger partial charge on any atom is -0.462 e. The molecule has 0 saturated carbocycles. The summed E-state index contributed by atoms with van der Waals surface area (Å²) in [6.07, 6.45) is 41.9. The molecule has 0 aromatic heterocycles. The Labute approximate surface area is 316 Å². The van der Waals surface area contributed by atoms with Crippen molar-refractivity contribution in [1.29, 1.82) is 0 Å². The molecule has 300 valence electrons. The Morgan fingerprint density at radius 3 is 1.02 bits per heavy atom. The van der Waals surface area contributed by atoms with Crippen LogP contribution in [-0.4, -0.2) is 37.2 Å². The lowest BCUT2D eigenvalue weighted by Crippen LogP contribution is -2.30. The maximum absolute atomic E-state index is 12.7. The third-order valence-corrected chi connectivity index (χ3v) is 9.77. The van der Waals surface area contributed by atoms with Gasteiger partial charge in [0.25, 0.3) is 0 Å². The minimum atomic E-state index is -0.763. The predicted octanol–water partition coefficient (Wildman–Crippen LogP) is 13.9. The summed E-state index contributed by atoms with van der Waals surface area (Å²) >= 11 is 0. The molecular formula is C45H84O6. The van der Waals surface area contributed by atoms with Crippen LogP contribution in [0, 0.1) is 0 Å². The highest BCUT2D eigenvalue weighted by Gasteiger charge is 2.19. The van der Waals surface area contributed by atoms with Gasteiger partial charge in [0.05, 0.1) is 0 Å². The van der Waals surface area contributed by atoms with Gasteiger partial charge in [0.2, 0.25) is 0 Å². The molecule has 0 heterocycles. The molecule has 1 unspecified atom stereocenters. The van der Waals surface area contributed by atoms with Crippen molar-refractivity contribution >= 4 is 17.9 Å². The highest BCUT2D eigenvalue weighted by molar-refractivity contribution is 5.71. The number of hydrogen-bond acceptors (Lipinski definition) is 6. The molecule has 0 spiro atoms. The molecule has 0 amide bonds. The maximum atomic E-state index is 12.7. The Morgan fingerprint density at radius 1 is 0.373 bits per heavy atom. The van der Waals surface area contributed by atoms with Crippen molar-refractivity contribution in [1.82, 2.24) is 0 Å². The largest absolute Gasteiger partial charge is 0.462 e. The normalized spacial score (nSPS) is 12.0. The van der Waals surface area contributed by atoms with Gasteiger partial charge < -0.3 is 14.2 Å². The van der Waals surface area contributed by atoms with E-state index in [-0.39, 0.29) is 31.1 Å². The Kier molecular flexibility index (Phi) is 39.4. The van der Waals surface area contributed by atoms with E-state index in [0.717, 1.165) is 64.2 Å². The third kappa shape index (κ3) is 39.2. The summed E-state index contributed by atoms with van der Waals surface area (Å²) in [5, 5.41) is 0. The van der Waals surface area contributed by atoms with Crippen LogP contribution in [0.5, 0.6) is 0 Å². The van der Waals surface area contributed by atoms with E-state index < -0.39 is 6.10 Å². The fourth-order valence-corrected chi connectivity index (χ4v) is 6.38. The van der Waals surface area contributed by atoms with Gasteiger partial charge in [-0.1, -0.05) is 187 Å². The van der Waals surface area contributed by atoms with E-state index in [1.54, 1.807) is 0 Å². The maximum Gasteiger partial charge on any atom is 0.306 e. The Balaban J connectivity index is 4.35. The molecule has 6 nitrogen and oxygen atoms in total. The Bertz CT molecular complexity index is 794. The van der Waals surface area contributed by atoms with Crippen LogP contribution in [0.2, 0.25) is 0 Å². The first-order valence-electron chi connectivity index (χ1n) is 22.2. The third-order valence-electron chi connectivity index (χ3n) is 9.77. The van der Waals surface area contributed by atoms with Crippen LogP contribution in [-0.2, 0) is 28.6 Å². The average molecular weight is 721 g/mol. The van der Waals surface area contributed by atoms with Gasteiger partial charge in [-0.3, -0.25) is 14.4 Å². The van der Waals surface area contributed by atoms with Crippen LogP contribution in [0.1, 0.15) is 239 Å². The Hall–Kier alpha value is -1.85. The molecule has 0 radical (unpaired) electrons. The van der Waals surface area contributed by atoms with Crippen LogP contribution >= 0.6 is 0 Å². The smallest absolute Gasteiger partial charge is 0.306 e. The summed E-state index contributed by atoms with van der Waals surface area (Å²) < 4.78 is 16.7. The molecule has 0 aliphatic carbocycles. The molecule has 0 aliphatic heterocycles. The van der Waals surface area contributed by atoms with E-state index in [2.05, 4.69) is 32.9 Å². The summed E-state index contributed by atoms with van der Waals surface area (Å²) in [6, 6.07) is 0. The molecule has 0 aromatic rings. The van der Waals surface area contributed by atoms with Crippen molar-refractivity contribution < 1.29 is 28.6 Å². The quantitative estimate of drug-likeness (QED) is 0.0271. The second-order valence-corrected chi connectivity index (χ2v) is 15.0. The monoisotopic (exact) mass is 721 g/mol. The van der Waals surface area contributed by atoms with E-state index in [4.69, 9.17) is 14.2 Å². The highest BCUT2D eigenvalue weighted by Crippen LogP contribution is 2.15. The lowest BCUT2D eigenvalue weighted by molar-refractivity contribution is -0.167. The van der Waals surface area contributed by atoms with Crippen molar-refractivity contribution in [2.75, 3.05) is 13.2 Å². The van der Waals surface area contributed by atoms with E-state index in [0.29, 0.717) is 19.3 Å². The van der Waals surface area contributed by atoms with Gasteiger partial charge in [0, 0.05) is 19.3 Å². The van der Waals surface area contributed by atoms with Gasteiger partial charge in [-0.2, -0.15) is 0 Å². The van der Waals surface area contributed by atoms with E-state index >= 15 is 0 Å². The topological polar surface area (TPSA) is 78.9 Å². The molecule has 0 bridgehead atoms. The van der Waals surface area contributed by atoms with Gasteiger partial charge in [0.1, 0.15) is 13.2 Å². The zero-order valence-electron chi connectivity index (χ0n) is 34.1. The fraction of sp³-hybridized carbons (Fsp3) is 0.889. The lowest BCUT2D eigenvalue weighted by atomic mass is 10.0. The standard InChI is InChI=1S/C45H84O6/c1-4-7-10-13-16-19-21-23-26-29-32-35-38-44(47)50-41-42(40-49-43(46)37-34-31-28-25-18-15-12-9-6-3)51-45(48)39-36-33-30-27-24-22-20-17-14-11-8-5-2/h16,19,42H,4-15,17-18,20-41H2,1-3H3/b19-16-. The molecule has 0 saturated heterocycles. The van der Waals surface area contributed by atoms with Crippen LogP contribution in [0.3, 0.4) is 0 Å². The van der Waals surface area contributed by atoms with Crippen molar-refractivity contribution in [3.63, 3.8) is 0 Å². The summed E-state index contributed by atoms with van der Waals surface area (Å²) in [4.78, 5) is 37.6.